The van der Waals surface area contributed by atoms with Gasteiger partial charge in [0.1, 0.15) is 5.82 Å². The third kappa shape index (κ3) is 6.31. The summed E-state index contributed by atoms with van der Waals surface area (Å²) in [5.41, 5.74) is 0.643. The summed E-state index contributed by atoms with van der Waals surface area (Å²) in [5, 5.41) is 0.621. The minimum atomic E-state index is -3.42. The molecule has 2 aliphatic heterocycles. The molecule has 0 bridgehead atoms. The van der Waals surface area contributed by atoms with Crippen LogP contribution in [0.3, 0.4) is 0 Å². The zero-order valence-corrected chi connectivity index (χ0v) is 21.9. The summed E-state index contributed by atoms with van der Waals surface area (Å²) in [5.74, 6) is 0.393. The predicted molar refractivity (Wildman–Crippen MR) is 134 cm³/mol. The van der Waals surface area contributed by atoms with Crippen LogP contribution in [0.25, 0.3) is 0 Å². The van der Waals surface area contributed by atoms with E-state index in [-0.39, 0.29) is 31.0 Å². The van der Waals surface area contributed by atoms with Gasteiger partial charge in [-0.15, -0.1) is 0 Å². The van der Waals surface area contributed by atoms with E-state index in [1.54, 1.807) is 11.8 Å². The molecule has 2 heterocycles. The number of thioether (sulfide) groups is 1. The molecular formula is C25H29ClF2O5S2. The highest BCUT2D eigenvalue weighted by atomic mass is 35.5. The predicted octanol–water partition coefficient (Wildman–Crippen LogP) is 5.39. The van der Waals surface area contributed by atoms with Crippen molar-refractivity contribution in [2.45, 2.75) is 37.2 Å². The van der Waals surface area contributed by atoms with Gasteiger partial charge in [-0.2, -0.15) is 20.2 Å². The highest BCUT2D eigenvalue weighted by Crippen LogP contribution is 2.52. The van der Waals surface area contributed by atoms with Crippen LogP contribution in [0.4, 0.5) is 8.78 Å². The summed E-state index contributed by atoms with van der Waals surface area (Å²) in [6, 6.07) is 9.78. The summed E-state index contributed by atoms with van der Waals surface area (Å²) in [6.45, 7) is 0.851. The first-order valence-electron chi connectivity index (χ1n) is 11.6. The number of halogens is 3. The molecule has 2 aromatic rings. The Morgan fingerprint density at radius 2 is 1.89 bits per heavy atom. The molecule has 0 spiro atoms. The van der Waals surface area contributed by atoms with Gasteiger partial charge in [-0.25, -0.2) is 8.78 Å². The maximum absolute atomic E-state index is 15.3. The van der Waals surface area contributed by atoms with E-state index in [0.717, 1.165) is 35.8 Å². The lowest BCUT2D eigenvalue weighted by atomic mass is 9.60. The quantitative estimate of drug-likeness (QED) is 0.294. The molecule has 1 fully saturated rings. The normalized spacial score (nSPS) is 23.9. The van der Waals surface area contributed by atoms with Crippen molar-refractivity contribution in [3.05, 3.63) is 64.2 Å². The van der Waals surface area contributed by atoms with Gasteiger partial charge in [-0.05, 0) is 67.0 Å². The molecular weight excluding hydrogens is 518 g/mol. The van der Waals surface area contributed by atoms with E-state index in [0.29, 0.717) is 36.5 Å². The molecule has 0 amide bonds. The smallest absolute Gasteiger partial charge is 0.264 e. The SMILES string of the molecule is CS(=O)(=O)OCCCSCC[C@@H]1OCC[C@@]2(Cc3ccc(Cl)cc3)c3c(F)ccc(F)c3OC[C@@H]12. The molecule has 192 valence electrons. The van der Waals surface area contributed by atoms with Gasteiger partial charge in [-0.3, -0.25) is 4.18 Å². The van der Waals surface area contributed by atoms with Gasteiger partial charge in [0.2, 0.25) is 0 Å². The second-order valence-corrected chi connectivity index (χ2v) is 12.4. The van der Waals surface area contributed by atoms with Crippen molar-refractivity contribution in [1.82, 2.24) is 0 Å². The first kappa shape index (κ1) is 26.7. The van der Waals surface area contributed by atoms with E-state index < -0.39 is 27.2 Å². The van der Waals surface area contributed by atoms with E-state index in [4.69, 9.17) is 25.3 Å². The Balaban J connectivity index is 1.52. The van der Waals surface area contributed by atoms with Crippen molar-refractivity contribution in [3.63, 3.8) is 0 Å². The first-order chi connectivity index (χ1) is 16.7. The fourth-order valence-corrected chi connectivity index (χ4v) is 6.64. The van der Waals surface area contributed by atoms with Crippen LogP contribution < -0.4 is 4.74 Å². The van der Waals surface area contributed by atoms with Gasteiger partial charge in [-0.1, -0.05) is 23.7 Å². The average Bonchev–Trinajstić information content (AvgIpc) is 2.81. The molecule has 0 N–H and O–H groups in total. The van der Waals surface area contributed by atoms with Crippen LogP contribution in [-0.4, -0.2) is 52.1 Å². The van der Waals surface area contributed by atoms with Crippen LogP contribution in [0.15, 0.2) is 36.4 Å². The first-order valence-corrected chi connectivity index (χ1v) is 14.9. The Bertz CT molecular complexity index is 1130. The highest BCUT2D eigenvalue weighted by Gasteiger charge is 2.53. The van der Waals surface area contributed by atoms with Crippen molar-refractivity contribution in [2.75, 3.05) is 37.6 Å². The second-order valence-electron chi connectivity index (χ2n) is 9.05. The molecule has 2 aromatic carbocycles. The van der Waals surface area contributed by atoms with E-state index in [9.17, 15) is 12.8 Å². The lowest BCUT2D eigenvalue weighted by Crippen LogP contribution is -2.55. The monoisotopic (exact) mass is 546 g/mol. The lowest BCUT2D eigenvalue weighted by Gasteiger charge is -2.51. The molecule has 2 aliphatic rings. The number of fused-ring (bicyclic) bond motifs is 3. The summed E-state index contributed by atoms with van der Waals surface area (Å²) in [4.78, 5) is 0. The van der Waals surface area contributed by atoms with Crippen LogP contribution in [0, 0.1) is 17.6 Å². The van der Waals surface area contributed by atoms with E-state index >= 15 is 4.39 Å². The standard InChI is InChI=1S/C25H29ClF2O5S2/c1-35(29,30)33-11-2-13-34-14-9-22-19-16-32-24-21(28)8-7-20(27)23(24)25(19,10-12-31-22)15-17-3-5-18(26)6-4-17/h3-8,19,22H,2,9-16H2,1H3/t19-,22-,25-/m0/s1. The van der Waals surface area contributed by atoms with Gasteiger partial charge < -0.3 is 9.47 Å². The van der Waals surface area contributed by atoms with Gasteiger partial charge in [0.15, 0.2) is 11.6 Å². The molecule has 0 unspecified atom stereocenters. The van der Waals surface area contributed by atoms with Crippen molar-refractivity contribution in [2.24, 2.45) is 5.92 Å². The van der Waals surface area contributed by atoms with Gasteiger partial charge in [0, 0.05) is 28.5 Å². The number of ether oxygens (including phenoxy) is 2. The Hall–Kier alpha value is -1.39. The number of hydrogen-bond acceptors (Lipinski definition) is 6. The van der Waals surface area contributed by atoms with Crippen LogP contribution in [0.2, 0.25) is 5.02 Å². The third-order valence-electron chi connectivity index (χ3n) is 6.71. The van der Waals surface area contributed by atoms with Crippen molar-refractivity contribution < 1.29 is 30.9 Å². The van der Waals surface area contributed by atoms with Crippen molar-refractivity contribution in [1.29, 1.82) is 0 Å². The molecule has 35 heavy (non-hydrogen) atoms. The Labute approximate surface area is 214 Å². The van der Waals surface area contributed by atoms with Crippen LogP contribution in [-0.2, 0) is 30.9 Å². The van der Waals surface area contributed by atoms with E-state index in [2.05, 4.69) is 0 Å². The minimum Gasteiger partial charge on any atom is -0.490 e. The third-order valence-corrected chi connectivity index (χ3v) is 8.66. The molecule has 0 saturated carbocycles. The largest absolute Gasteiger partial charge is 0.490 e. The van der Waals surface area contributed by atoms with Gasteiger partial charge >= 0.3 is 0 Å². The molecule has 0 aliphatic carbocycles. The van der Waals surface area contributed by atoms with Crippen LogP contribution in [0.5, 0.6) is 5.75 Å². The maximum atomic E-state index is 15.3. The number of benzene rings is 2. The Kier molecular flexibility index (Phi) is 8.64. The zero-order valence-electron chi connectivity index (χ0n) is 19.5. The summed E-state index contributed by atoms with van der Waals surface area (Å²) < 4.78 is 68.9. The molecule has 0 aromatic heterocycles. The van der Waals surface area contributed by atoms with E-state index in [1.165, 1.54) is 6.07 Å². The molecule has 4 rings (SSSR count). The van der Waals surface area contributed by atoms with Crippen LogP contribution in [0.1, 0.15) is 30.4 Å². The maximum Gasteiger partial charge on any atom is 0.264 e. The molecule has 1 saturated heterocycles. The summed E-state index contributed by atoms with van der Waals surface area (Å²) >= 11 is 7.76. The van der Waals surface area contributed by atoms with Crippen molar-refractivity contribution in [3.8, 4) is 5.75 Å². The Morgan fingerprint density at radius 3 is 2.63 bits per heavy atom. The zero-order chi connectivity index (χ0) is 25.1. The van der Waals surface area contributed by atoms with Gasteiger partial charge in [0.05, 0.1) is 25.6 Å². The lowest BCUT2D eigenvalue weighted by molar-refractivity contribution is -0.0961. The van der Waals surface area contributed by atoms with Crippen LogP contribution >= 0.6 is 23.4 Å². The van der Waals surface area contributed by atoms with Crippen molar-refractivity contribution >= 4 is 33.5 Å². The molecule has 5 nitrogen and oxygen atoms in total. The average molecular weight is 547 g/mol. The Morgan fingerprint density at radius 1 is 1.14 bits per heavy atom. The highest BCUT2D eigenvalue weighted by molar-refractivity contribution is 7.99. The van der Waals surface area contributed by atoms with E-state index in [1.807, 2.05) is 24.3 Å². The van der Waals surface area contributed by atoms with Gasteiger partial charge in [0.25, 0.3) is 10.1 Å². The molecule has 3 atom stereocenters. The second kappa shape index (κ2) is 11.3. The summed E-state index contributed by atoms with van der Waals surface area (Å²) in [6.07, 6.45) is 3.29. The number of rotatable bonds is 10. The topological polar surface area (TPSA) is 61.8 Å². The summed E-state index contributed by atoms with van der Waals surface area (Å²) in [7, 11) is -3.42. The minimum absolute atomic E-state index is 0.0103. The fraction of sp³-hybridized carbons (Fsp3) is 0.520. The molecule has 10 heteroatoms. The fourth-order valence-electron chi connectivity index (χ4n) is 5.17. The molecule has 0 radical (unpaired) electrons. The number of hydrogen-bond donors (Lipinski definition) is 0.